The fraction of sp³-hybridized carbons (Fsp3) is 0.167. The first kappa shape index (κ1) is 12.9. The first-order chi connectivity index (χ1) is 8.20. The van der Waals surface area contributed by atoms with Crippen LogP contribution >= 0.6 is 38.9 Å². The number of halogens is 2. The van der Waals surface area contributed by atoms with E-state index >= 15 is 0 Å². The standard InChI is InChI=1S/C12H10BrClO2S/c13-11-5-4-9(17-11)7-16-12-8(6-15)2-1-3-10(12)14/h1-5,15H,6-7H2. The Morgan fingerprint density at radius 3 is 2.76 bits per heavy atom. The van der Waals surface area contributed by atoms with Crippen LogP contribution in [0.3, 0.4) is 0 Å². The summed E-state index contributed by atoms with van der Waals surface area (Å²) < 4.78 is 6.72. The summed E-state index contributed by atoms with van der Waals surface area (Å²) >= 11 is 11.0. The normalized spacial score (nSPS) is 10.5. The average molecular weight is 334 g/mol. The van der Waals surface area contributed by atoms with Crippen LogP contribution in [0.4, 0.5) is 0 Å². The maximum absolute atomic E-state index is 9.20. The zero-order valence-electron chi connectivity index (χ0n) is 8.82. The summed E-state index contributed by atoms with van der Waals surface area (Å²) in [4.78, 5) is 1.10. The summed E-state index contributed by atoms with van der Waals surface area (Å²) in [5.74, 6) is 0.557. The summed E-state index contributed by atoms with van der Waals surface area (Å²) in [6, 6.07) is 9.31. The van der Waals surface area contributed by atoms with Crippen LogP contribution in [-0.4, -0.2) is 5.11 Å². The van der Waals surface area contributed by atoms with E-state index in [1.807, 2.05) is 12.1 Å². The zero-order chi connectivity index (χ0) is 12.3. The van der Waals surface area contributed by atoms with Crippen molar-refractivity contribution in [2.75, 3.05) is 0 Å². The summed E-state index contributed by atoms with van der Waals surface area (Å²) in [5.41, 5.74) is 0.702. The Bertz CT molecular complexity index is 513. The van der Waals surface area contributed by atoms with Gasteiger partial charge in [-0.3, -0.25) is 0 Å². The van der Waals surface area contributed by atoms with Crippen molar-refractivity contribution in [3.63, 3.8) is 0 Å². The highest BCUT2D eigenvalue weighted by Crippen LogP contribution is 2.30. The fourth-order valence-electron chi connectivity index (χ4n) is 1.41. The van der Waals surface area contributed by atoms with Crippen LogP contribution in [0.25, 0.3) is 0 Å². The summed E-state index contributed by atoms with van der Waals surface area (Å²) in [6.07, 6.45) is 0. The van der Waals surface area contributed by atoms with Gasteiger partial charge >= 0.3 is 0 Å². The van der Waals surface area contributed by atoms with Gasteiger partial charge in [0.2, 0.25) is 0 Å². The van der Waals surface area contributed by atoms with Crippen molar-refractivity contribution < 1.29 is 9.84 Å². The van der Waals surface area contributed by atoms with Crippen LogP contribution in [0.5, 0.6) is 5.75 Å². The van der Waals surface area contributed by atoms with Crippen molar-refractivity contribution >= 4 is 38.9 Å². The molecule has 90 valence electrons. The molecule has 2 rings (SSSR count). The van der Waals surface area contributed by atoms with Gasteiger partial charge in [0.05, 0.1) is 15.4 Å². The lowest BCUT2D eigenvalue weighted by Gasteiger charge is -2.10. The molecule has 0 aliphatic rings. The molecule has 0 unspecified atom stereocenters. The first-order valence-electron chi connectivity index (χ1n) is 4.96. The molecule has 0 fully saturated rings. The minimum Gasteiger partial charge on any atom is -0.486 e. The van der Waals surface area contributed by atoms with Crippen LogP contribution in [-0.2, 0) is 13.2 Å². The Hall–Kier alpha value is -0.550. The van der Waals surface area contributed by atoms with Crippen LogP contribution in [0.1, 0.15) is 10.4 Å². The highest BCUT2D eigenvalue weighted by Gasteiger charge is 2.08. The van der Waals surface area contributed by atoms with E-state index in [2.05, 4.69) is 15.9 Å². The Labute approximate surface area is 117 Å². The van der Waals surface area contributed by atoms with Gasteiger partial charge in [0.15, 0.2) is 0 Å². The minimum absolute atomic E-state index is 0.0793. The van der Waals surface area contributed by atoms with E-state index in [9.17, 15) is 5.11 Å². The number of hydrogen-bond acceptors (Lipinski definition) is 3. The number of benzene rings is 1. The molecule has 0 saturated heterocycles. The van der Waals surface area contributed by atoms with Gasteiger partial charge in [-0.1, -0.05) is 23.7 Å². The molecule has 17 heavy (non-hydrogen) atoms. The molecular formula is C12H10BrClO2S. The highest BCUT2D eigenvalue weighted by atomic mass is 79.9. The molecule has 0 saturated carbocycles. The van der Waals surface area contributed by atoms with Crippen molar-refractivity contribution in [3.05, 3.63) is 49.6 Å². The summed E-state index contributed by atoms with van der Waals surface area (Å²) in [5, 5.41) is 9.72. The quantitative estimate of drug-likeness (QED) is 0.907. The van der Waals surface area contributed by atoms with Crippen LogP contribution in [0.2, 0.25) is 5.02 Å². The smallest absolute Gasteiger partial charge is 0.143 e. The minimum atomic E-state index is -0.0793. The van der Waals surface area contributed by atoms with Gasteiger partial charge in [0.1, 0.15) is 12.4 Å². The number of hydrogen-bond donors (Lipinski definition) is 1. The molecule has 0 aliphatic carbocycles. The van der Waals surface area contributed by atoms with Gasteiger partial charge in [-0.2, -0.15) is 0 Å². The third-order valence-corrected chi connectivity index (χ3v) is 4.10. The Kier molecular flexibility index (Phi) is 4.45. The Morgan fingerprint density at radius 1 is 1.29 bits per heavy atom. The van der Waals surface area contributed by atoms with Crippen LogP contribution in [0, 0.1) is 0 Å². The lowest BCUT2D eigenvalue weighted by atomic mass is 10.2. The molecule has 0 atom stereocenters. The summed E-state index contributed by atoms with van der Waals surface area (Å²) in [6.45, 7) is 0.372. The van der Waals surface area contributed by atoms with Gasteiger partial charge < -0.3 is 9.84 Å². The van der Waals surface area contributed by atoms with E-state index in [1.165, 1.54) is 0 Å². The second-order valence-electron chi connectivity index (χ2n) is 3.38. The van der Waals surface area contributed by atoms with Crippen LogP contribution < -0.4 is 4.74 Å². The SMILES string of the molecule is OCc1cccc(Cl)c1OCc1ccc(Br)s1. The number of rotatable bonds is 4. The predicted octanol–water partition coefficient (Wildman–Crippen LogP) is 4.24. The Balaban J connectivity index is 2.13. The average Bonchev–Trinajstić information content (AvgIpc) is 2.73. The lowest BCUT2D eigenvalue weighted by molar-refractivity contribution is 0.260. The van der Waals surface area contributed by atoms with Crippen molar-refractivity contribution in [1.29, 1.82) is 0 Å². The molecule has 1 heterocycles. The Morgan fingerprint density at radius 2 is 2.12 bits per heavy atom. The number of aliphatic hydroxyl groups is 1. The molecular weight excluding hydrogens is 324 g/mol. The van der Waals surface area contributed by atoms with E-state index in [0.29, 0.717) is 22.9 Å². The monoisotopic (exact) mass is 332 g/mol. The van der Waals surface area contributed by atoms with Crippen molar-refractivity contribution in [2.24, 2.45) is 0 Å². The highest BCUT2D eigenvalue weighted by molar-refractivity contribution is 9.11. The van der Waals surface area contributed by atoms with E-state index in [4.69, 9.17) is 16.3 Å². The number of aliphatic hydroxyl groups excluding tert-OH is 1. The van der Waals surface area contributed by atoms with Crippen LogP contribution in [0.15, 0.2) is 34.1 Å². The maximum atomic E-state index is 9.20. The molecule has 2 aromatic rings. The predicted molar refractivity (Wildman–Crippen MR) is 73.7 cm³/mol. The second kappa shape index (κ2) is 5.87. The van der Waals surface area contributed by atoms with Gasteiger partial charge in [-0.25, -0.2) is 0 Å². The van der Waals surface area contributed by atoms with Crippen molar-refractivity contribution in [2.45, 2.75) is 13.2 Å². The molecule has 1 aromatic carbocycles. The van der Waals surface area contributed by atoms with E-state index in [0.717, 1.165) is 8.66 Å². The van der Waals surface area contributed by atoms with Crippen molar-refractivity contribution in [3.8, 4) is 5.75 Å². The molecule has 0 spiro atoms. The number of thiophene rings is 1. The van der Waals surface area contributed by atoms with Crippen molar-refractivity contribution in [1.82, 2.24) is 0 Å². The molecule has 0 bridgehead atoms. The largest absolute Gasteiger partial charge is 0.486 e. The molecule has 0 amide bonds. The number of ether oxygens (including phenoxy) is 1. The molecule has 1 N–H and O–H groups in total. The first-order valence-corrected chi connectivity index (χ1v) is 6.94. The third-order valence-electron chi connectivity index (χ3n) is 2.21. The van der Waals surface area contributed by atoms with Gasteiger partial charge in [0, 0.05) is 10.4 Å². The third kappa shape index (κ3) is 3.22. The lowest BCUT2D eigenvalue weighted by Crippen LogP contribution is -1.97. The van der Waals surface area contributed by atoms with E-state index in [1.54, 1.807) is 29.5 Å². The maximum Gasteiger partial charge on any atom is 0.143 e. The summed E-state index contributed by atoms with van der Waals surface area (Å²) in [7, 11) is 0. The van der Waals surface area contributed by atoms with E-state index < -0.39 is 0 Å². The van der Waals surface area contributed by atoms with Gasteiger partial charge in [-0.15, -0.1) is 11.3 Å². The second-order valence-corrected chi connectivity index (χ2v) is 6.34. The molecule has 2 nitrogen and oxygen atoms in total. The molecule has 5 heteroatoms. The topological polar surface area (TPSA) is 29.5 Å². The fourth-order valence-corrected chi connectivity index (χ4v) is 3.06. The van der Waals surface area contributed by atoms with Gasteiger partial charge in [0.25, 0.3) is 0 Å². The number of para-hydroxylation sites is 1. The zero-order valence-corrected chi connectivity index (χ0v) is 12.0. The van der Waals surface area contributed by atoms with Gasteiger partial charge in [-0.05, 0) is 34.1 Å². The molecule has 1 aromatic heterocycles. The van der Waals surface area contributed by atoms with E-state index in [-0.39, 0.29) is 6.61 Å². The molecule has 0 radical (unpaired) electrons. The molecule has 0 aliphatic heterocycles.